The first kappa shape index (κ1) is 14.6. The van der Waals surface area contributed by atoms with E-state index in [1.807, 2.05) is 6.07 Å². The zero-order chi connectivity index (χ0) is 13.5. The number of carbonyl (C=O) groups excluding carboxylic acids is 1. The number of anilines is 1. The van der Waals surface area contributed by atoms with Crippen molar-refractivity contribution in [3.05, 3.63) is 16.9 Å². The number of thioether (sulfide) groups is 1. The second kappa shape index (κ2) is 7.09. The lowest BCUT2D eigenvalue weighted by molar-refractivity contribution is -0.113. The lowest BCUT2D eigenvalue weighted by Gasteiger charge is -2.02. The molecule has 0 aliphatic heterocycles. The zero-order valence-corrected chi connectivity index (χ0v) is 11.3. The standard InChI is InChI=1S/C12H16N2O3S/c1-8-9(2)17-12(10(8)6-13)14-11(16)7-18-5-3-4-15/h15H,3-5,7H2,1-2H3,(H,14,16). The molecule has 0 bridgehead atoms. The van der Waals surface area contributed by atoms with Gasteiger partial charge in [0.1, 0.15) is 17.4 Å². The number of aliphatic hydroxyl groups excluding tert-OH is 1. The minimum absolute atomic E-state index is 0.129. The number of nitrogens with zero attached hydrogens (tertiary/aromatic N) is 1. The monoisotopic (exact) mass is 268 g/mol. The van der Waals surface area contributed by atoms with Gasteiger partial charge < -0.3 is 9.52 Å². The molecule has 0 saturated carbocycles. The van der Waals surface area contributed by atoms with Gasteiger partial charge in [-0.15, -0.1) is 0 Å². The van der Waals surface area contributed by atoms with Gasteiger partial charge in [0.05, 0.1) is 5.75 Å². The molecule has 0 spiro atoms. The Morgan fingerprint density at radius 1 is 1.56 bits per heavy atom. The molecule has 0 radical (unpaired) electrons. The first-order chi connectivity index (χ1) is 8.60. The van der Waals surface area contributed by atoms with E-state index in [1.54, 1.807) is 13.8 Å². The molecule has 1 aromatic heterocycles. The van der Waals surface area contributed by atoms with Crippen molar-refractivity contribution in [1.82, 2.24) is 0 Å². The summed E-state index contributed by atoms with van der Waals surface area (Å²) < 4.78 is 5.33. The smallest absolute Gasteiger partial charge is 0.236 e. The highest BCUT2D eigenvalue weighted by Crippen LogP contribution is 2.25. The van der Waals surface area contributed by atoms with E-state index in [0.717, 1.165) is 11.3 Å². The maximum absolute atomic E-state index is 11.6. The van der Waals surface area contributed by atoms with Crippen molar-refractivity contribution in [2.45, 2.75) is 20.3 Å². The summed E-state index contributed by atoms with van der Waals surface area (Å²) in [5.41, 5.74) is 1.13. The quantitative estimate of drug-likeness (QED) is 0.769. The Bertz CT molecular complexity index is 463. The molecule has 1 aromatic rings. The fourth-order valence-electron chi connectivity index (χ4n) is 1.34. The number of nitrogens with one attached hydrogen (secondary N) is 1. The third-order valence-corrected chi connectivity index (χ3v) is 3.47. The van der Waals surface area contributed by atoms with E-state index >= 15 is 0 Å². The molecule has 2 N–H and O–H groups in total. The summed E-state index contributed by atoms with van der Waals surface area (Å²) in [6, 6.07) is 2.02. The average molecular weight is 268 g/mol. The maximum Gasteiger partial charge on any atom is 0.236 e. The molecular weight excluding hydrogens is 252 g/mol. The molecule has 0 aromatic carbocycles. The van der Waals surface area contributed by atoms with Crippen molar-refractivity contribution in [1.29, 1.82) is 5.26 Å². The molecule has 0 aliphatic rings. The lowest BCUT2D eigenvalue weighted by atomic mass is 10.2. The Balaban J connectivity index is 2.55. The van der Waals surface area contributed by atoms with Crippen molar-refractivity contribution in [2.24, 2.45) is 0 Å². The van der Waals surface area contributed by atoms with E-state index in [2.05, 4.69) is 5.32 Å². The Morgan fingerprint density at radius 3 is 2.89 bits per heavy atom. The summed E-state index contributed by atoms with van der Waals surface area (Å²) in [5, 5.41) is 20.2. The van der Waals surface area contributed by atoms with E-state index in [1.165, 1.54) is 11.8 Å². The summed E-state index contributed by atoms with van der Waals surface area (Å²) in [7, 11) is 0. The normalized spacial score (nSPS) is 10.1. The number of amides is 1. The Morgan fingerprint density at radius 2 is 2.28 bits per heavy atom. The maximum atomic E-state index is 11.6. The van der Waals surface area contributed by atoms with Gasteiger partial charge >= 0.3 is 0 Å². The van der Waals surface area contributed by atoms with Gasteiger partial charge in [-0.2, -0.15) is 17.0 Å². The van der Waals surface area contributed by atoms with Crippen LogP contribution in [0.15, 0.2) is 4.42 Å². The van der Waals surface area contributed by atoms with E-state index < -0.39 is 0 Å². The average Bonchev–Trinajstić information content (AvgIpc) is 2.60. The van der Waals surface area contributed by atoms with E-state index in [0.29, 0.717) is 17.7 Å². The van der Waals surface area contributed by atoms with Crippen LogP contribution in [0.3, 0.4) is 0 Å². The van der Waals surface area contributed by atoms with Crippen molar-refractivity contribution in [2.75, 3.05) is 23.4 Å². The van der Waals surface area contributed by atoms with E-state index in [9.17, 15) is 4.79 Å². The van der Waals surface area contributed by atoms with Gasteiger partial charge in [-0.3, -0.25) is 10.1 Å². The molecule has 0 fully saturated rings. The Kier molecular flexibility index (Phi) is 5.75. The number of carbonyl (C=O) groups is 1. The molecule has 18 heavy (non-hydrogen) atoms. The van der Waals surface area contributed by atoms with Crippen LogP contribution in [0.5, 0.6) is 0 Å². The predicted octanol–water partition coefficient (Wildman–Crippen LogP) is 1.82. The van der Waals surface area contributed by atoms with Gasteiger partial charge in [0.2, 0.25) is 11.8 Å². The van der Waals surface area contributed by atoms with Gasteiger partial charge in [0.25, 0.3) is 0 Å². The molecule has 1 rings (SSSR count). The van der Waals surface area contributed by atoms with Crippen molar-refractivity contribution >= 4 is 23.6 Å². The first-order valence-corrected chi connectivity index (χ1v) is 6.74. The van der Waals surface area contributed by atoms with Crippen molar-refractivity contribution in [3.8, 4) is 6.07 Å². The molecule has 98 valence electrons. The number of rotatable bonds is 6. The highest BCUT2D eigenvalue weighted by Gasteiger charge is 2.16. The predicted molar refractivity (Wildman–Crippen MR) is 70.6 cm³/mol. The van der Waals surface area contributed by atoms with Gasteiger partial charge in [-0.25, -0.2) is 0 Å². The van der Waals surface area contributed by atoms with Gasteiger partial charge in [-0.1, -0.05) is 0 Å². The minimum Gasteiger partial charge on any atom is -0.444 e. The van der Waals surface area contributed by atoms with E-state index in [-0.39, 0.29) is 24.2 Å². The summed E-state index contributed by atoms with van der Waals surface area (Å²) in [5.74, 6) is 1.66. The van der Waals surface area contributed by atoms with Gasteiger partial charge in [-0.05, 0) is 26.0 Å². The van der Waals surface area contributed by atoms with Crippen LogP contribution in [0.4, 0.5) is 5.88 Å². The number of aryl methyl sites for hydroxylation is 1. The third-order valence-electron chi connectivity index (χ3n) is 2.43. The molecular formula is C12H16N2O3S. The van der Waals surface area contributed by atoms with Crippen LogP contribution in [0.1, 0.15) is 23.3 Å². The molecule has 0 atom stereocenters. The zero-order valence-electron chi connectivity index (χ0n) is 10.4. The molecule has 1 heterocycles. The molecule has 0 unspecified atom stereocenters. The number of hydrogen-bond acceptors (Lipinski definition) is 5. The summed E-state index contributed by atoms with van der Waals surface area (Å²) in [6.45, 7) is 3.66. The summed E-state index contributed by atoms with van der Waals surface area (Å²) in [4.78, 5) is 11.6. The minimum atomic E-state index is -0.205. The molecule has 5 nitrogen and oxygen atoms in total. The van der Waals surface area contributed by atoms with Crippen LogP contribution in [0, 0.1) is 25.2 Å². The number of nitriles is 1. The lowest BCUT2D eigenvalue weighted by Crippen LogP contribution is -2.14. The molecule has 0 saturated heterocycles. The molecule has 1 amide bonds. The Labute approximate surface area is 110 Å². The second-order valence-electron chi connectivity index (χ2n) is 3.78. The fraction of sp³-hybridized carbons (Fsp3) is 0.500. The highest BCUT2D eigenvalue weighted by atomic mass is 32.2. The van der Waals surface area contributed by atoms with Gasteiger partial charge in [0.15, 0.2) is 0 Å². The second-order valence-corrected chi connectivity index (χ2v) is 4.88. The van der Waals surface area contributed by atoms with Crippen LogP contribution < -0.4 is 5.32 Å². The van der Waals surface area contributed by atoms with E-state index in [4.69, 9.17) is 14.8 Å². The third kappa shape index (κ3) is 3.79. The van der Waals surface area contributed by atoms with Crippen LogP contribution in [-0.2, 0) is 4.79 Å². The SMILES string of the molecule is Cc1oc(NC(=O)CSCCCO)c(C#N)c1C. The summed E-state index contributed by atoms with van der Waals surface area (Å²) >= 11 is 1.43. The molecule has 0 aliphatic carbocycles. The highest BCUT2D eigenvalue weighted by molar-refractivity contribution is 7.99. The van der Waals surface area contributed by atoms with Crippen molar-refractivity contribution in [3.63, 3.8) is 0 Å². The van der Waals surface area contributed by atoms with Crippen LogP contribution in [0.25, 0.3) is 0 Å². The first-order valence-electron chi connectivity index (χ1n) is 5.58. The van der Waals surface area contributed by atoms with Crippen LogP contribution in [0.2, 0.25) is 0 Å². The number of aliphatic hydroxyl groups is 1. The van der Waals surface area contributed by atoms with Gasteiger partial charge in [0, 0.05) is 12.2 Å². The van der Waals surface area contributed by atoms with Crippen LogP contribution >= 0.6 is 11.8 Å². The topological polar surface area (TPSA) is 86.3 Å². The Hall–Kier alpha value is -1.45. The summed E-state index contributed by atoms with van der Waals surface area (Å²) in [6.07, 6.45) is 0.667. The molecule has 6 heteroatoms. The number of hydrogen-bond donors (Lipinski definition) is 2. The number of furan rings is 1. The van der Waals surface area contributed by atoms with Crippen LogP contribution in [-0.4, -0.2) is 29.1 Å². The van der Waals surface area contributed by atoms with Crippen molar-refractivity contribution < 1.29 is 14.3 Å². The largest absolute Gasteiger partial charge is 0.444 e. The fourth-order valence-corrected chi connectivity index (χ4v) is 2.08.